The van der Waals surface area contributed by atoms with Gasteiger partial charge >= 0.3 is 6.09 Å². The Hall–Kier alpha value is -4.10. The molecule has 0 radical (unpaired) electrons. The summed E-state index contributed by atoms with van der Waals surface area (Å²) in [5, 5.41) is 24.7. The summed E-state index contributed by atoms with van der Waals surface area (Å²) in [5.41, 5.74) is 0.867. The van der Waals surface area contributed by atoms with E-state index in [9.17, 15) is 9.18 Å². The van der Waals surface area contributed by atoms with Crippen LogP contribution < -0.4 is 20.9 Å². The molecular weight excluding hydrogens is 433 g/mol. The zero-order valence-corrected chi connectivity index (χ0v) is 18.1. The molecule has 1 amide bonds. The molecule has 0 saturated carbocycles. The van der Waals surface area contributed by atoms with E-state index in [4.69, 9.17) is 5.11 Å². The van der Waals surface area contributed by atoms with Crippen LogP contribution in [0.3, 0.4) is 0 Å². The first-order valence-corrected chi connectivity index (χ1v) is 10.4. The van der Waals surface area contributed by atoms with Crippen LogP contribution in [0, 0.1) is 12.7 Å². The van der Waals surface area contributed by atoms with Gasteiger partial charge in [0.05, 0.1) is 18.4 Å². The molecule has 13 nitrogen and oxygen atoms in total. The normalized spacial score (nSPS) is 16.8. The van der Waals surface area contributed by atoms with Gasteiger partial charge in [-0.1, -0.05) is 0 Å². The topological polar surface area (TPSA) is 170 Å². The van der Waals surface area contributed by atoms with Crippen LogP contribution in [0.5, 0.6) is 0 Å². The lowest BCUT2D eigenvalue weighted by molar-refractivity contribution is 0.188. The smallest absolute Gasteiger partial charge is 0.404 e. The molecule has 3 aromatic heterocycles. The Labute approximate surface area is 188 Å². The summed E-state index contributed by atoms with van der Waals surface area (Å²) in [6.45, 7) is 4.76. The Balaban J connectivity index is 1.60. The summed E-state index contributed by atoms with van der Waals surface area (Å²) in [5.74, 6) is 1.28. The van der Waals surface area contributed by atoms with Gasteiger partial charge in [-0.15, -0.1) is 0 Å². The van der Waals surface area contributed by atoms with E-state index in [1.807, 2.05) is 11.8 Å². The number of halogens is 1. The Morgan fingerprint density at radius 3 is 2.73 bits per heavy atom. The van der Waals surface area contributed by atoms with Crippen molar-refractivity contribution in [3.63, 3.8) is 0 Å². The molecule has 3 aromatic rings. The zero-order chi connectivity index (χ0) is 23.4. The van der Waals surface area contributed by atoms with E-state index in [-0.39, 0.29) is 17.9 Å². The van der Waals surface area contributed by atoms with E-state index < -0.39 is 18.0 Å². The Morgan fingerprint density at radius 1 is 1.27 bits per heavy atom. The molecule has 4 heterocycles. The lowest BCUT2D eigenvalue weighted by Gasteiger charge is -2.32. The molecule has 1 aliphatic rings. The largest absolute Gasteiger partial charge is 0.465 e. The molecule has 0 aliphatic carbocycles. The average Bonchev–Trinajstić information content (AvgIpc) is 3.18. The number of carbonyl (C=O) groups is 1. The van der Waals surface area contributed by atoms with Crippen molar-refractivity contribution in [1.29, 1.82) is 0 Å². The fraction of sp³-hybridized carbons (Fsp3) is 0.421. The number of piperidine rings is 1. The lowest BCUT2D eigenvalue weighted by atomic mass is 10.1. The monoisotopic (exact) mass is 457 g/mol. The number of anilines is 4. The van der Waals surface area contributed by atoms with Gasteiger partial charge in [0.1, 0.15) is 5.82 Å². The van der Waals surface area contributed by atoms with Crippen molar-refractivity contribution in [2.24, 2.45) is 0 Å². The third kappa shape index (κ3) is 5.78. The van der Waals surface area contributed by atoms with E-state index >= 15 is 0 Å². The minimum Gasteiger partial charge on any atom is -0.465 e. The van der Waals surface area contributed by atoms with Gasteiger partial charge in [0.2, 0.25) is 17.8 Å². The highest BCUT2D eigenvalue weighted by molar-refractivity contribution is 5.65. The minimum absolute atomic E-state index is 0.235. The number of hydrogen-bond acceptors (Lipinski definition) is 10. The molecule has 5 N–H and O–H groups in total. The summed E-state index contributed by atoms with van der Waals surface area (Å²) in [7, 11) is 0. The number of aryl methyl sites for hydroxylation is 1. The van der Waals surface area contributed by atoms with Crippen LogP contribution >= 0.6 is 0 Å². The molecule has 1 saturated heterocycles. The van der Waals surface area contributed by atoms with Crippen LogP contribution in [-0.2, 0) is 0 Å². The van der Waals surface area contributed by atoms with Crippen molar-refractivity contribution < 1.29 is 14.3 Å². The molecular formula is C19H24FN11O2. The molecule has 0 aromatic carbocycles. The number of hydrogen-bond donors (Lipinski definition) is 5. The minimum atomic E-state index is -1.07. The summed E-state index contributed by atoms with van der Waals surface area (Å²) < 4.78 is 13.2. The van der Waals surface area contributed by atoms with Gasteiger partial charge in [0, 0.05) is 30.9 Å². The van der Waals surface area contributed by atoms with Crippen LogP contribution in [0.2, 0.25) is 0 Å². The van der Waals surface area contributed by atoms with Crippen LogP contribution in [0.25, 0.3) is 0 Å². The molecule has 14 heteroatoms. The predicted octanol–water partition coefficient (Wildman–Crippen LogP) is 1.99. The highest BCUT2D eigenvalue weighted by Gasteiger charge is 2.24. The summed E-state index contributed by atoms with van der Waals surface area (Å²) in [6.07, 6.45) is 2.63. The van der Waals surface area contributed by atoms with E-state index in [1.54, 1.807) is 13.0 Å². The SMILES string of the molecule is Cc1cc(Nc2nc(N[C@@H](C)c3ncc(F)cn3)nc(N3CCCC(NC(=O)O)C3)n2)n[nH]1. The average molecular weight is 457 g/mol. The van der Waals surface area contributed by atoms with Gasteiger partial charge in [-0.3, -0.25) is 5.10 Å². The predicted molar refractivity (Wildman–Crippen MR) is 117 cm³/mol. The van der Waals surface area contributed by atoms with Crippen molar-refractivity contribution in [2.45, 2.75) is 38.8 Å². The maximum absolute atomic E-state index is 13.2. The standard InChI is InChI=1S/C19H24FN11O2/c1-10-6-14(30-29-10)25-17-26-16(23-11(2)15-21-7-12(20)8-22-15)27-18(28-17)31-5-3-4-13(9-31)24-19(32)33/h6-8,11,13,24H,3-5,9H2,1-2H3,(H,32,33)(H3,23,25,26,27,28,29,30)/t11-,13?/m0/s1. The number of aromatic amines is 1. The van der Waals surface area contributed by atoms with E-state index in [2.05, 4.69) is 51.1 Å². The van der Waals surface area contributed by atoms with Crippen molar-refractivity contribution in [2.75, 3.05) is 28.6 Å². The molecule has 4 rings (SSSR count). The van der Waals surface area contributed by atoms with Gasteiger partial charge in [0.25, 0.3) is 0 Å². The first-order valence-electron chi connectivity index (χ1n) is 10.4. The van der Waals surface area contributed by atoms with Gasteiger partial charge in [-0.25, -0.2) is 19.2 Å². The fourth-order valence-electron chi connectivity index (χ4n) is 3.48. The van der Waals surface area contributed by atoms with Crippen LogP contribution in [0.15, 0.2) is 18.5 Å². The highest BCUT2D eigenvalue weighted by atomic mass is 19.1. The van der Waals surface area contributed by atoms with Crippen molar-refractivity contribution >= 4 is 29.8 Å². The first kappa shape index (κ1) is 22.1. The van der Waals surface area contributed by atoms with E-state index in [0.717, 1.165) is 30.9 Å². The molecule has 1 unspecified atom stereocenters. The first-order chi connectivity index (χ1) is 15.9. The van der Waals surface area contributed by atoms with Gasteiger partial charge < -0.3 is 26.0 Å². The number of aromatic nitrogens is 7. The van der Waals surface area contributed by atoms with Crippen molar-refractivity contribution in [3.8, 4) is 0 Å². The molecule has 0 spiro atoms. The van der Waals surface area contributed by atoms with Gasteiger partial charge in [-0.05, 0) is 26.7 Å². The lowest BCUT2D eigenvalue weighted by Crippen LogP contribution is -2.48. The second-order valence-corrected chi connectivity index (χ2v) is 7.70. The number of H-pyrrole nitrogens is 1. The van der Waals surface area contributed by atoms with Gasteiger partial charge in [0.15, 0.2) is 11.6 Å². The molecule has 2 atom stereocenters. The zero-order valence-electron chi connectivity index (χ0n) is 18.1. The van der Waals surface area contributed by atoms with E-state index in [1.165, 1.54) is 0 Å². The Bertz CT molecular complexity index is 1110. The summed E-state index contributed by atoms with van der Waals surface area (Å²) >= 11 is 0. The quantitative estimate of drug-likeness (QED) is 0.351. The third-order valence-electron chi connectivity index (χ3n) is 4.97. The van der Waals surface area contributed by atoms with Crippen molar-refractivity contribution in [1.82, 2.24) is 40.4 Å². The molecule has 0 bridgehead atoms. The number of carboxylic acid groups (broad SMARTS) is 1. The maximum atomic E-state index is 13.2. The number of amides is 1. The van der Waals surface area contributed by atoms with Crippen LogP contribution in [0.4, 0.5) is 32.8 Å². The van der Waals surface area contributed by atoms with E-state index in [0.29, 0.717) is 30.7 Å². The summed E-state index contributed by atoms with van der Waals surface area (Å²) in [4.78, 5) is 34.4. The second kappa shape index (κ2) is 9.58. The number of nitrogens with one attached hydrogen (secondary N) is 4. The third-order valence-corrected chi connectivity index (χ3v) is 4.97. The fourth-order valence-corrected chi connectivity index (χ4v) is 3.48. The highest BCUT2D eigenvalue weighted by Crippen LogP contribution is 2.22. The molecule has 1 fully saturated rings. The molecule has 1 aliphatic heterocycles. The maximum Gasteiger partial charge on any atom is 0.404 e. The van der Waals surface area contributed by atoms with Crippen LogP contribution in [-0.4, -0.2) is 65.4 Å². The molecule has 174 valence electrons. The number of nitrogens with zero attached hydrogens (tertiary/aromatic N) is 7. The van der Waals surface area contributed by atoms with Crippen molar-refractivity contribution in [3.05, 3.63) is 35.8 Å². The Morgan fingerprint density at radius 2 is 2.03 bits per heavy atom. The van der Waals surface area contributed by atoms with Gasteiger partial charge in [-0.2, -0.15) is 20.1 Å². The Kier molecular flexibility index (Phi) is 6.42. The van der Waals surface area contributed by atoms with Crippen LogP contribution in [0.1, 0.15) is 37.3 Å². The second-order valence-electron chi connectivity index (χ2n) is 7.70. The molecule has 33 heavy (non-hydrogen) atoms. The summed E-state index contributed by atoms with van der Waals surface area (Å²) in [6, 6.07) is 1.16. The number of rotatable bonds is 7.